The van der Waals surface area contributed by atoms with E-state index in [0.717, 1.165) is 12.1 Å². The molecule has 152 valence electrons. The maximum absolute atomic E-state index is 11.9. The first-order valence-electron chi connectivity index (χ1n) is 8.47. The third kappa shape index (κ3) is 5.99. The Hall–Kier alpha value is -4.02. The molecule has 2 rings (SSSR count). The normalized spacial score (nSPS) is 10.2. The van der Waals surface area contributed by atoms with Gasteiger partial charge in [-0.3, -0.25) is 29.8 Å². The molecule has 0 aliphatic rings. The van der Waals surface area contributed by atoms with Gasteiger partial charge in [0.15, 0.2) is 12.1 Å². The number of nitrogen functional groups attached to an aromatic ring is 1. The molecule has 0 radical (unpaired) electrons. The largest absolute Gasteiger partial charge is 0.486 e. The fraction of sp³-hybridized carbons (Fsp3) is 0.222. The molecule has 0 aromatic heterocycles. The lowest BCUT2D eigenvalue weighted by molar-refractivity contribution is -0.393. The van der Waals surface area contributed by atoms with Crippen molar-refractivity contribution in [1.29, 1.82) is 0 Å². The van der Waals surface area contributed by atoms with Crippen LogP contribution in [0.1, 0.15) is 23.2 Å². The smallest absolute Gasteiger partial charge is 0.299 e. The van der Waals surface area contributed by atoms with Crippen LogP contribution in [0.2, 0.25) is 0 Å². The second kappa shape index (κ2) is 9.78. The maximum Gasteiger partial charge on any atom is 0.299 e. The van der Waals surface area contributed by atoms with Crippen molar-refractivity contribution in [1.82, 2.24) is 0 Å². The zero-order valence-corrected chi connectivity index (χ0v) is 15.2. The van der Waals surface area contributed by atoms with Crippen LogP contribution in [0.3, 0.4) is 0 Å². The molecule has 0 saturated carbocycles. The first kappa shape index (κ1) is 21.3. The molecule has 0 heterocycles. The number of non-ortho nitro benzene ring substituents is 1. The Kier molecular flexibility index (Phi) is 7.18. The van der Waals surface area contributed by atoms with E-state index >= 15 is 0 Å². The summed E-state index contributed by atoms with van der Waals surface area (Å²) in [4.78, 5) is 43.0. The number of carbonyl (C=O) groups is 2. The van der Waals surface area contributed by atoms with Gasteiger partial charge < -0.3 is 15.8 Å². The number of anilines is 2. The lowest BCUT2D eigenvalue weighted by Gasteiger charge is -2.08. The van der Waals surface area contributed by atoms with Gasteiger partial charge in [-0.2, -0.15) is 0 Å². The van der Waals surface area contributed by atoms with E-state index in [9.17, 15) is 29.8 Å². The van der Waals surface area contributed by atoms with E-state index in [2.05, 4.69) is 5.32 Å². The Bertz CT molecular complexity index is 946. The number of hydrogen-bond acceptors (Lipinski definition) is 9. The number of carbonyl (C=O) groups excluding carboxylic acids is 2. The highest BCUT2D eigenvalue weighted by atomic mass is 16.6. The number of Topliss-reactive ketones (excluding diaryl/α,β-unsaturated/α-hetero) is 1. The van der Waals surface area contributed by atoms with Crippen LogP contribution in [0.15, 0.2) is 36.4 Å². The second-order valence-corrected chi connectivity index (χ2v) is 5.98. The minimum Gasteiger partial charge on any atom is -0.486 e. The van der Waals surface area contributed by atoms with Gasteiger partial charge in [-0.1, -0.05) is 0 Å². The molecule has 0 saturated heterocycles. The number of nitrogens with zero attached hydrogens (tertiary/aromatic N) is 2. The molecular formula is C18H18N4O7. The zero-order chi connectivity index (χ0) is 21.4. The first-order chi connectivity index (χ1) is 13.8. The van der Waals surface area contributed by atoms with Crippen molar-refractivity contribution in [3.05, 3.63) is 62.2 Å². The van der Waals surface area contributed by atoms with E-state index in [1.54, 1.807) is 0 Å². The molecule has 0 atom stereocenters. The van der Waals surface area contributed by atoms with Gasteiger partial charge in [0.05, 0.1) is 15.9 Å². The summed E-state index contributed by atoms with van der Waals surface area (Å²) in [7, 11) is 0. The summed E-state index contributed by atoms with van der Waals surface area (Å²) >= 11 is 0. The fourth-order valence-corrected chi connectivity index (χ4v) is 2.43. The Morgan fingerprint density at radius 3 is 2.52 bits per heavy atom. The van der Waals surface area contributed by atoms with E-state index in [1.807, 2.05) is 0 Å². The highest BCUT2D eigenvalue weighted by Gasteiger charge is 2.19. The number of aldehydes is 1. The lowest BCUT2D eigenvalue weighted by Crippen LogP contribution is -2.13. The molecule has 0 fully saturated rings. The van der Waals surface area contributed by atoms with Gasteiger partial charge in [0.25, 0.3) is 11.4 Å². The highest BCUT2D eigenvalue weighted by molar-refractivity contribution is 5.84. The summed E-state index contributed by atoms with van der Waals surface area (Å²) in [6.45, 7) is 0.0723. The molecule has 29 heavy (non-hydrogen) atoms. The minimum absolute atomic E-state index is 0.134. The zero-order valence-electron chi connectivity index (χ0n) is 15.2. The van der Waals surface area contributed by atoms with Gasteiger partial charge in [-0.15, -0.1) is 0 Å². The molecule has 0 aliphatic carbocycles. The van der Waals surface area contributed by atoms with Crippen molar-refractivity contribution in [2.24, 2.45) is 0 Å². The van der Waals surface area contributed by atoms with Crippen LogP contribution in [-0.4, -0.2) is 35.1 Å². The van der Waals surface area contributed by atoms with E-state index in [1.165, 1.54) is 24.3 Å². The van der Waals surface area contributed by atoms with Crippen molar-refractivity contribution in [3.8, 4) is 5.75 Å². The van der Waals surface area contributed by atoms with Gasteiger partial charge >= 0.3 is 0 Å². The fourth-order valence-electron chi connectivity index (χ4n) is 2.43. The van der Waals surface area contributed by atoms with Crippen molar-refractivity contribution >= 4 is 34.8 Å². The quantitative estimate of drug-likeness (QED) is 0.189. The van der Waals surface area contributed by atoms with Crippen LogP contribution < -0.4 is 15.8 Å². The molecule has 11 nitrogen and oxygen atoms in total. The summed E-state index contributed by atoms with van der Waals surface area (Å²) in [5.41, 5.74) is 5.58. The van der Waals surface area contributed by atoms with Crippen LogP contribution >= 0.6 is 0 Å². The van der Waals surface area contributed by atoms with Gasteiger partial charge in [0.2, 0.25) is 0 Å². The van der Waals surface area contributed by atoms with E-state index in [-0.39, 0.29) is 42.4 Å². The third-order valence-corrected chi connectivity index (χ3v) is 3.92. The van der Waals surface area contributed by atoms with Crippen molar-refractivity contribution in [2.75, 3.05) is 24.2 Å². The number of hydrogen-bond donors (Lipinski definition) is 2. The Labute approximate surface area is 164 Å². The first-order valence-corrected chi connectivity index (χ1v) is 8.47. The highest BCUT2D eigenvalue weighted by Crippen LogP contribution is 2.28. The van der Waals surface area contributed by atoms with Crippen molar-refractivity contribution < 1.29 is 24.2 Å². The molecule has 0 amide bonds. The number of nitro groups is 2. The number of nitrogens with two attached hydrogens (primary N) is 1. The van der Waals surface area contributed by atoms with Crippen LogP contribution in [0.4, 0.5) is 22.7 Å². The summed E-state index contributed by atoms with van der Waals surface area (Å²) in [5.74, 6) is 0.170. The Morgan fingerprint density at radius 2 is 1.90 bits per heavy atom. The number of ketones is 1. The molecular weight excluding hydrogens is 384 g/mol. The maximum atomic E-state index is 11.9. The number of nitro benzene ring substituents is 2. The molecule has 0 bridgehead atoms. The summed E-state index contributed by atoms with van der Waals surface area (Å²) < 4.78 is 5.33. The van der Waals surface area contributed by atoms with E-state index < -0.39 is 15.5 Å². The predicted molar refractivity (Wildman–Crippen MR) is 104 cm³/mol. The molecule has 3 N–H and O–H groups in total. The lowest BCUT2D eigenvalue weighted by atomic mass is 10.2. The Balaban J connectivity index is 1.81. The second-order valence-electron chi connectivity index (χ2n) is 5.98. The SMILES string of the molecule is Nc1cc(OCC(=O)CCCNc2ccc([N+](=O)[O-])cc2[N+](=O)[O-])ccc1C=O. The van der Waals surface area contributed by atoms with Crippen molar-refractivity contribution in [2.45, 2.75) is 12.8 Å². The molecule has 2 aromatic rings. The summed E-state index contributed by atoms with van der Waals surface area (Å²) in [6, 6.07) is 7.77. The van der Waals surface area contributed by atoms with Crippen LogP contribution in [0.25, 0.3) is 0 Å². The summed E-state index contributed by atoms with van der Waals surface area (Å²) in [6.07, 6.45) is 1.16. The monoisotopic (exact) mass is 402 g/mol. The number of nitrogens with one attached hydrogen (secondary N) is 1. The molecule has 0 unspecified atom stereocenters. The molecule has 2 aromatic carbocycles. The molecule has 11 heteroatoms. The third-order valence-electron chi connectivity index (χ3n) is 3.92. The van der Waals surface area contributed by atoms with Gasteiger partial charge in [0, 0.05) is 36.3 Å². The van der Waals surface area contributed by atoms with Crippen LogP contribution in [0, 0.1) is 20.2 Å². The van der Waals surface area contributed by atoms with Gasteiger partial charge in [0.1, 0.15) is 18.0 Å². The van der Waals surface area contributed by atoms with Crippen LogP contribution in [0.5, 0.6) is 5.75 Å². The topological polar surface area (TPSA) is 168 Å². The predicted octanol–water partition coefficient (Wildman–Crippen LogP) is 2.74. The number of rotatable bonds is 11. The minimum atomic E-state index is -0.713. The standard InChI is InChI=1S/C18H18N4O7/c19-16-9-15(5-3-12(16)10-23)29-11-14(24)2-1-7-20-17-6-4-13(21(25)26)8-18(17)22(27)28/h3-6,8-10,20H,1-2,7,11,19H2. The number of benzene rings is 2. The van der Waals surface area contributed by atoms with Crippen LogP contribution in [-0.2, 0) is 4.79 Å². The molecule has 0 aliphatic heterocycles. The van der Waals surface area contributed by atoms with E-state index in [4.69, 9.17) is 10.5 Å². The molecule has 0 spiro atoms. The number of ether oxygens (including phenoxy) is 1. The average molecular weight is 402 g/mol. The van der Waals surface area contributed by atoms with Crippen molar-refractivity contribution in [3.63, 3.8) is 0 Å². The van der Waals surface area contributed by atoms with E-state index in [0.29, 0.717) is 24.0 Å². The van der Waals surface area contributed by atoms with Gasteiger partial charge in [-0.05, 0) is 24.6 Å². The average Bonchev–Trinajstić information content (AvgIpc) is 2.69. The Morgan fingerprint density at radius 1 is 1.14 bits per heavy atom. The van der Waals surface area contributed by atoms with Gasteiger partial charge in [-0.25, -0.2) is 0 Å². The summed E-state index contributed by atoms with van der Waals surface area (Å²) in [5, 5.41) is 24.6.